The summed E-state index contributed by atoms with van der Waals surface area (Å²) in [6, 6.07) is 16.4. The molecule has 2 N–H and O–H groups in total. The summed E-state index contributed by atoms with van der Waals surface area (Å²) >= 11 is 10.6. The molecule has 0 radical (unpaired) electrons. The van der Waals surface area contributed by atoms with Gasteiger partial charge in [-0.15, -0.1) is 0 Å². The summed E-state index contributed by atoms with van der Waals surface area (Å²) in [5, 5.41) is 17.0. The zero-order valence-corrected chi connectivity index (χ0v) is 21.4. The first-order valence-corrected chi connectivity index (χ1v) is 12.3. The molecule has 3 rings (SSSR count). The lowest BCUT2D eigenvalue weighted by Gasteiger charge is -2.29. The SMILES string of the molecule is C=CCOC(=O)C1=C(C)NC(SCC(=O)Nc2ccc(Br)cc2)=C(C#N)[C@H]1c1ccc(Cl)cc1. The maximum absolute atomic E-state index is 12.9. The fourth-order valence-corrected chi connectivity index (χ4v) is 4.65. The third-order valence-electron chi connectivity index (χ3n) is 4.88. The van der Waals surface area contributed by atoms with Crippen molar-refractivity contribution >= 4 is 56.9 Å². The summed E-state index contributed by atoms with van der Waals surface area (Å²) in [7, 11) is 0. The van der Waals surface area contributed by atoms with Crippen LogP contribution in [0.25, 0.3) is 0 Å². The lowest BCUT2D eigenvalue weighted by molar-refractivity contribution is -0.138. The first-order chi connectivity index (χ1) is 16.3. The Labute approximate surface area is 215 Å². The van der Waals surface area contributed by atoms with E-state index in [2.05, 4.69) is 39.2 Å². The highest BCUT2D eigenvalue weighted by molar-refractivity contribution is 9.10. The van der Waals surface area contributed by atoms with Gasteiger partial charge in [0.15, 0.2) is 0 Å². The quantitative estimate of drug-likeness (QED) is 0.310. The van der Waals surface area contributed by atoms with Gasteiger partial charge in [0.2, 0.25) is 5.91 Å². The number of thioether (sulfide) groups is 1. The second kappa shape index (κ2) is 11.9. The molecule has 0 saturated heterocycles. The number of carbonyl (C=O) groups is 2. The molecule has 0 spiro atoms. The molecule has 0 aliphatic carbocycles. The van der Waals surface area contributed by atoms with Crippen LogP contribution < -0.4 is 10.6 Å². The molecule has 174 valence electrons. The van der Waals surface area contributed by atoms with Gasteiger partial charge in [0.05, 0.1) is 33.9 Å². The van der Waals surface area contributed by atoms with E-state index in [0.717, 1.165) is 4.47 Å². The van der Waals surface area contributed by atoms with E-state index in [-0.39, 0.29) is 18.3 Å². The molecule has 6 nitrogen and oxygen atoms in total. The Hall–Kier alpha value is -2.99. The van der Waals surface area contributed by atoms with Gasteiger partial charge in [-0.2, -0.15) is 5.26 Å². The molecule has 0 fully saturated rings. The summed E-state index contributed by atoms with van der Waals surface area (Å²) in [5.41, 5.74) is 2.57. The van der Waals surface area contributed by atoms with Crippen LogP contribution in [0.2, 0.25) is 5.02 Å². The largest absolute Gasteiger partial charge is 0.458 e. The van der Waals surface area contributed by atoms with E-state index >= 15 is 0 Å². The summed E-state index contributed by atoms with van der Waals surface area (Å²) < 4.78 is 6.20. The number of esters is 1. The van der Waals surface area contributed by atoms with Crippen LogP contribution in [0, 0.1) is 11.3 Å². The molecule has 2 aromatic rings. The van der Waals surface area contributed by atoms with Crippen molar-refractivity contribution in [2.45, 2.75) is 12.8 Å². The summed E-state index contributed by atoms with van der Waals surface area (Å²) in [5.74, 6) is -1.37. The average Bonchev–Trinajstić information content (AvgIpc) is 2.82. The Balaban J connectivity index is 1.88. The van der Waals surface area contributed by atoms with Gasteiger partial charge < -0.3 is 15.4 Å². The van der Waals surface area contributed by atoms with Crippen molar-refractivity contribution in [3.8, 4) is 6.07 Å². The Morgan fingerprint density at radius 3 is 2.56 bits per heavy atom. The summed E-state index contributed by atoms with van der Waals surface area (Å²) in [6.07, 6.45) is 1.48. The number of hydrogen-bond acceptors (Lipinski definition) is 6. The van der Waals surface area contributed by atoms with Crippen molar-refractivity contribution in [3.63, 3.8) is 0 Å². The molecule has 2 aromatic carbocycles. The molecular formula is C25H21BrClN3O3S. The van der Waals surface area contributed by atoms with E-state index in [9.17, 15) is 14.9 Å². The third kappa shape index (κ3) is 6.32. The minimum absolute atomic E-state index is 0.0480. The van der Waals surface area contributed by atoms with Crippen LogP contribution in [0.5, 0.6) is 0 Å². The zero-order valence-electron chi connectivity index (χ0n) is 18.2. The highest BCUT2D eigenvalue weighted by Gasteiger charge is 2.35. The van der Waals surface area contributed by atoms with Crippen molar-refractivity contribution in [1.82, 2.24) is 5.32 Å². The molecule has 1 aliphatic rings. The number of nitrogens with zero attached hydrogens (tertiary/aromatic N) is 1. The van der Waals surface area contributed by atoms with Gasteiger partial charge in [-0.25, -0.2) is 4.79 Å². The van der Waals surface area contributed by atoms with Crippen molar-refractivity contribution in [2.75, 3.05) is 17.7 Å². The number of amides is 1. The number of carbonyl (C=O) groups excluding carboxylic acids is 2. The lowest BCUT2D eigenvalue weighted by atomic mass is 9.82. The molecule has 0 saturated carbocycles. The lowest BCUT2D eigenvalue weighted by Crippen LogP contribution is -2.29. The molecule has 0 bridgehead atoms. The van der Waals surface area contributed by atoms with Crippen LogP contribution in [-0.2, 0) is 14.3 Å². The van der Waals surface area contributed by atoms with Gasteiger partial charge in [0.1, 0.15) is 6.61 Å². The normalized spacial score (nSPS) is 15.3. The monoisotopic (exact) mass is 557 g/mol. The molecule has 1 heterocycles. The van der Waals surface area contributed by atoms with E-state index in [1.165, 1.54) is 17.8 Å². The summed E-state index contributed by atoms with van der Waals surface area (Å²) in [6.45, 7) is 5.36. The molecule has 1 amide bonds. The highest BCUT2D eigenvalue weighted by Crippen LogP contribution is 2.41. The molecule has 0 aromatic heterocycles. The van der Waals surface area contributed by atoms with Crippen LogP contribution in [0.1, 0.15) is 18.4 Å². The predicted octanol–water partition coefficient (Wildman–Crippen LogP) is 5.90. The van der Waals surface area contributed by atoms with Gasteiger partial charge in [-0.05, 0) is 48.9 Å². The molecule has 1 aliphatic heterocycles. The minimum atomic E-state index is -0.669. The number of halogens is 2. The fourth-order valence-electron chi connectivity index (χ4n) is 3.37. The molecule has 34 heavy (non-hydrogen) atoms. The van der Waals surface area contributed by atoms with Crippen molar-refractivity contribution < 1.29 is 14.3 Å². The standard InChI is InChI=1S/C25H21BrClN3O3S/c1-3-12-33-25(32)22-15(2)29-24(20(13-28)23(22)16-4-8-18(27)9-5-16)34-14-21(31)30-19-10-6-17(26)7-11-19/h3-11,23,29H,1,12,14H2,2H3,(H,30,31)/t23-/m1/s1. The Kier molecular flexibility index (Phi) is 8.99. The maximum Gasteiger partial charge on any atom is 0.337 e. The minimum Gasteiger partial charge on any atom is -0.458 e. The van der Waals surface area contributed by atoms with E-state index in [1.807, 2.05) is 12.1 Å². The zero-order chi connectivity index (χ0) is 24.7. The number of hydrogen-bond donors (Lipinski definition) is 2. The fraction of sp³-hybridized carbons (Fsp3) is 0.160. The third-order valence-corrected chi connectivity index (χ3v) is 6.68. The van der Waals surface area contributed by atoms with E-state index in [4.69, 9.17) is 16.3 Å². The van der Waals surface area contributed by atoms with Gasteiger partial charge in [-0.1, -0.05) is 64.1 Å². The molecule has 9 heteroatoms. The number of ether oxygens (including phenoxy) is 1. The van der Waals surface area contributed by atoms with Gasteiger partial charge in [-0.3, -0.25) is 4.79 Å². The van der Waals surface area contributed by atoms with Gasteiger partial charge in [0, 0.05) is 20.9 Å². The van der Waals surface area contributed by atoms with E-state index in [0.29, 0.717) is 38.1 Å². The average molecular weight is 559 g/mol. The van der Waals surface area contributed by atoms with Crippen molar-refractivity contribution in [2.24, 2.45) is 0 Å². The predicted molar refractivity (Wildman–Crippen MR) is 139 cm³/mol. The number of allylic oxidation sites excluding steroid dienone is 2. The molecule has 0 unspecified atom stereocenters. The van der Waals surface area contributed by atoms with Crippen LogP contribution in [0.4, 0.5) is 5.69 Å². The van der Waals surface area contributed by atoms with Crippen LogP contribution >= 0.6 is 39.3 Å². The first kappa shape index (κ1) is 25.6. The van der Waals surface area contributed by atoms with E-state index in [1.54, 1.807) is 43.3 Å². The Morgan fingerprint density at radius 1 is 1.26 bits per heavy atom. The van der Waals surface area contributed by atoms with Gasteiger partial charge >= 0.3 is 5.97 Å². The maximum atomic E-state index is 12.9. The first-order valence-electron chi connectivity index (χ1n) is 10.2. The Morgan fingerprint density at radius 2 is 1.94 bits per heavy atom. The molecular weight excluding hydrogens is 538 g/mol. The van der Waals surface area contributed by atoms with Crippen LogP contribution in [0.15, 0.2) is 87.5 Å². The van der Waals surface area contributed by atoms with Crippen LogP contribution in [-0.4, -0.2) is 24.2 Å². The smallest absolute Gasteiger partial charge is 0.337 e. The topological polar surface area (TPSA) is 91.2 Å². The van der Waals surface area contributed by atoms with Gasteiger partial charge in [0.25, 0.3) is 0 Å². The number of nitrogens with one attached hydrogen (secondary N) is 2. The van der Waals surface area contributed by atoms with E-state index < -0.39 is 11.9 Å². The van der Waals surface area contributed by atoms with Crippen molar-refractivity contribution in [1.29, 1.82) is 5.26 Å². The number of nitriles is 1. The molecule has 1 atom stereocenters. The number of rotatable bonds is 8. The Bertz CT molecular complexity index is 1200. The van der Waals surface area contributed by atoms with Crippen LogP contribution in [0.3, 0.4) is 0 Å². The highest BCUT2D eigenvalue weighted by atomic mass is 79.9. The second-order valence-electron chi connectivity index (χ2n) is 7.23. The van der Waals surface area contributed by atoms with Crippen molar-refractivity contribution in [3.05, 3.63) is 98.1 Å². The summed E-state index contributed by atoms with van der Waals surface area (Å²) in [4.78, 5) is 25.4. The number of anilines is 1. The number of benzene rings is 2. The second-order valence-corrected chi connectivity index (χ2v) is 9.57. The number of dihydropyridines is 1.